The van der Waals surface area contributed by atoms with Gasteiger partial charge in [-0.15, -0.1) is 0 Å². The summed E-state index contributed by atoms with van der Waals surface area (Å²) in [6.45, 7) is 3.03. The van der Waals surface area contributed by atoms with Crippen LogP contribution in [0.2, 0.25) is 5.02 Å². The van der Waals surface area contributed by atoms with Gasteiger partial charge in [-0.05, 0) is 25.1 Å². The lowest BCUT2D eigenvalue weighted by atomic mass is 10.00. The monoisotopic (exact) mass is 387 g/mol. The van der Waals surface area contributed by atoms with Crippen molar-refractivity contribution in [1.82, 2.24) is 10.4 Å². The predicted molar refractivity (Wildman–Crippen MR) is 101 cm³/mol. The molecule has 2 aromatic carbocycles. The Balaban J connectivity index is 1.44. The zero-order valence-corrected chi connectivity index (χ0v) is 15.6. The number of aliphatic imine (C=N–C) groups is 1. The van der Waals surface area contributed by atoms with E-state index < -0.39 is 11.5 Å². The smallest absolute Gasteiger partial charge is 0.253 e. The van der Waals surface area contributed by atoms with Gasteiger partial charge in [-0.25, -0.2) is 19.7 Å². The SMILES string of the molecule is Cc1ccc(C2=NC3(CCN(C(=O)c4ccc(F)c(Cl)c4)CC3)ON2)cc1. The molecule has 5 nitrogen and oxygen atoms in total. The predicted octanol–water partition coefficient (Wildman–Crippen LogP) is 3.70. The Kier molecular flexibility index (Phi) is 4.61. The zero-order chi connectivity index (χ0) is 19.0. The first-order chi connectivity index (χ1) is 13.0. The molecule has 2 aliphatic heterocycles. The molecule has 1 N–H and O–H groups in total. The number of amidine groups is 1. The van der Waals surface area contributed by atoms with Crippen molar-refractivity contribution in [3.05, 3.63) is 70.0 Å². The van der Waals surface area contributed by atoms with Gasteiger partial charge in [0.2, 0.25) is 0 Å². The van der Waals surface area contributed by atoms with Gasteiger partial charge in [0.1, 0.15) is 5.82 Å². The summed E-state index contributed by atoms with van der Waals surface area (Å²) in [5.74, 6) is 0.00903. The fourth-order valence-corrected chi connectivity index (χ4v) is 3.49. The minimum absolute atomic E-state index is 0.0509. The van der Waals surface area contributed by atoms with E-state index in [4.69, 9.17) is 21.4 Å². The van der Waals surface area contributed by atoms with Crippen LogP contribution in [-0.2, 0) is 4.84 Å². The van der Waals surface area contributed by atoms with Gasteiger partial charge in [0.15, 0.2) is 11.6 Å². The number of benzene rings is 2. The lowest BCUT2D eigenvalue weighted by Crippen LogP contribution is -2.46. The number of nitrogens with zero attached hydrogens (tertiary/aromatic N) is 2. The van der Waals surface area contributed by atoms with Crippen LogP contribution in [0, 0.1) is 12.7 Å². The minimum atomic E-state index is -0.655. The topological polar surface area (TPSA) is 53.9 Å². The van der Waals surface area contributed by atoms with E-state index in [1.54, 1.807) is 4.90 Å². The molecular weight excluding hydrogens is 369 g/mol. The Morgan fingerprint density at radius 2 is 1.93 bits per heavy atom. The van der Waals surface area contributed by atoms with Gasteiger partial charge in [0.05, 0.1) is 5.02 Å². The maximum atomic E-state index is 13.3. The second-order valence-electron chi connectivity index (χ2n) is 6.90. The van der Waals surface area contributed by atoms with Crippen molar-refractivity contribution < 1.29 is 14.0 Å². The Bertz CT molecular complexity index is 906. The van der Waals surface area contributed by atoms with Crippen molar-refractivity contribution in [2.24, 2.45) is 4.99 Å². The van der Waals surface area contributed by atoms with Gasteiger partial charge in [0.25, 0.3) is 5.91 Å². The van der Waals surface area contributed by atoms with Gasteiger partial charge < -0.3 is 4.90 Å². The highest BCUT2D eigenvalue weighted by Crippen LogP contribution is 2.32. The molecule has 0 unspecified atom stereocenters. The van der Waals surface area contributed by atoms with Gasteiger partial charge in [-0.2, -0.15) is 0 Å². The van der Waals surface area contributed by atoms with Crippen LogP contribution in [0.15, 0.2) is 47.5 Å². The first-order valence-corrected chi connectivity index (χ1v) is 9.19. The summed E-state index contributed by atoms with van der Waals surface area (Å²) in [5.41, 5.74) is 4.81. The van der Waals surface area contributed by atoms with Gasteiger partial charge in [-0.3, -0.25) is 4.79 Å². The van der Waals surface area contributed by atoms with E-state index in [9.17, 15) is 9.18 Å². The molecule has 140 valence electrons. The molecule has 2 aromatic rings. The largest absolute Gasteiger partial charge is 0.338 e. The summed E-state index contributed by atoms with van der Waals surface area (Å²) in [6.07, 6.45) is 1.16. The zero-order valence-electron chi connectivity index (χ0n) is 14.8. The third-order valence-corrected chi connectivity index (χ3v) is 5.27. The van der Waals surface area contributed by atoms with E-state index in [0.29, 0.717) is 37.3 Å². The Hall–Kier alpha value is -2.44. The van der Waals surface area contributed by atoms with Crippen molar-refractivity contribution >= 4 is 23.3 Å². The molecule has 1 spiro atoms. The van der Waals surface area contributed by atoms with Crippen LogP contribution < -0.4 is 5.48 Å². The molecule has 1 fully saturated rings. The van der Waals surface area contributed by atoms with Gasteiger partial charge >= 0.3 is 0 Å². The average molecular weight is 388 g/mol. The number of aryl methyl sites for hydroxylation is 1. The van der Waals surface area contributed by atoms with Gasteiger partial charge in [0, 0.05) is 37.1 Å². The number of rotatable bonds is 2. The van der Waals surface area contributed by atoms with Crippen LogP contribution in [0.4, 0.5) is 4.39 Å². The summed E-state index contributed by atoms with van der Waals surface area (Å²) >= 11 is 5.79. The summed E-state index contributed by atoms with van der Waals surface area (Å²) in [4.78, 5) is 24.9. The Labute approximate surface area is 161 Å². The van der Waals surface area contributed by atoms with E-state index in [-0.39, 0.29) is 10.9 Å². The first kappa shape index (κ1) is 17.9. The standard InChI is InChI=1S/C20H19ClFN3O2/c1-13-2-4-14(5-3-13)18-23-20(27-24-18)8-10-25(11-9-20)19(26)15-6-7-17(22)16(21)12-15/h2-7,12H,8-11H2,1H3,(H,23,24). The quantitative estimate of drug-likeness (QED) is 0.854. The van der Waals surface area contributed by atoms with E-state index in [2.05, 4.69) is 5.48 Å². The number of hydroxylamine groups is 1. The second-order valence-corrected chi connectivity index (χ2v) is 7.31. The number of halogens is 2. The summed E-state index contributed by atoms with van der Waals surface area (Å²) in [7, 11) is 0. The molecular formula is C20H19ClFN3O2. The molecule has 7 heteroatoms. The highest BCUT2D eigenvalue weighted by atomic mass is 35.5. The number of hydrogen-bond acceptors (Lipinski definition) is 4. The van der Waals surface area contributed by atoms with Crippen LogP contribution in [-0.4, -0.2) is 35.5 Å². The van der Waals surface area contributed by atoms with Crippen molar-refractivity contribution in [2.75, 3.05) is 13.1 Å². The van der Waals surface area contributed by atoms with Gasteiger partial charge in [-0.1, -0.05) is 41.4 Å². The number of amides is 1. The van der Waals surface area contributed by atoms with E-state index >= 15 is 0 Å². The third-order valence-electron chi connectivity index (χ3n) is 4.98. The second kappa shape index (κ2) is 6.94. The molecule has 27 heavy (non-hydrogen) atoms. The summed E-state index contributed by atoms with van der Waals surface area (Å²) in [5, 5.41) is -0.0509. The van der Waals surface area contributed by atoms with Crippen molar-refractivity contribution in [3.63, 3.8) is 0 Å². The highest BCUT2D eigenvalue weighted by molar-refractivity contribution is 6.31. The third kappa shape index (κ3) is 3.55. The summed E-state index contributed by atoms with van der Waals surface area (Å²) < 4.78 is 13.3. The van der Waals surface area contributed by atoms with Crippen LogP contribution in [0.3, 0.4) is 0 Å². The normalized spacial score (nSPS) is 18.3. The Morgan fingerprint density at radius 1 is 1.22 bits per heavy atom. The average Bonchev–Trinajstić information content (AvgIpc) is 3.08. The number of carbonyl (C=O) groups excluding carboxylic acids is 1. The van der Waals surface area contributed by atoms with E-state index in [1.165, 1.54) is 23.8 Å². The molecule has 0 atom stereocenters. The highest BCUT2D eigenvalue weighted by Gasteiger charge is 2.41. The van der Waals surface area contributed by atoms with Crippen molar-refractivity contribution in [3.8, 4) is 0 Å². The molecule has 4 rings (SSSR count). The lowest BCUT2D eigenvalue weighted by molar-refractivity contribution is -0.0849. The van der Waals surface area contributed by atoms with Crippen molar-refractivity contribution in [1.29, 1.82) is 0 Å². The summed E-state index contributed by atoms with van der Waals surface area (Å²) in [6, 6.07) is 12.1. The number of hydrogen-bond donors (Lipinski definition) is 1. The maximum absolute atomic E-state index is 13.3. The number of nitrogens with one attached hydrogen (secondary N) is 1. The minimum Gasteiger partial charge on any atom is -0.338 e. The number of carbonyl (C=O) groups is 1. The molecule has 0 saturated carbocycles. The van der Waals surface area contributed by atoms with Crippen LogP contribution >= 0.6 is 11.6 Å². The molecule has 2 aliphatic rings. The van der Waals surface area contributed by atoms with E-state index in [0.717, 1.165) is 5.56 Å². The van der Waals surface area contributed by atoms with E-state index in [1.807, 2.05) is 31.2 Å². The molecule has 2 heterocycles. The molecule has 0 radical (unpaired) electrons. The maximum Gasteiger partial charge on any atom is 0.253 e. The molecule has 1 amide bonds. The molecule has 1 saturated heterocycles. The van der Waals surface area contributed by atoms with Crippen LogP contribution in [0.25, 0.3) is 0 Å². The lowest BCUT2D eigenvalue weighted by Gasteiger charge is -2.35. The number of piperidine rings is 1. The first-order valence-electron chi connectivity index (χ1n) is 8.81. The van der Waals surface area contributed by atoms with Crippen LogP contribution in [0.1, 0.15) is 34.3 Å². The molecule has 0 aliphatic carbocycles. The number of likely N-dealkylation sites (tertiary alicyclic amines) is 1. The molecule has 0 bridgehead atoms. The Morgan fingerprint density at radius 3 is 2.59 bits per heavy atom. The van der Waals surface area contributed by atoms with Crippen molar-refractivity contribution in [2.45, 2.75) is 25.5 Å². The fraction of sp³-hybridized carbons (Fsp3) is 0.300. The molecule has 0 aromatic heterocycles. The fourth-order valence-electron chi connectivity index (χ4n) is 3.31. The van der Waals surface area contributed by atoms with Crippen LogP contribution in [0.5, 0.6) is 0 Å².